The highest BCUT2D eigenvalue weighted by atomic mass is 16.3. The Kier molecular flexibility index (Phi) is 5.39. The number of para-hydroxylation sites is 1. The summed E-state index contributed by atoms with van der Waals surface area (Å²) >= 11 is 0. The number of benzene rings is 1. The Bertz CT molecular complexity index is 537. The van der Waals surface area contributed by atoms with Crippen molar-refractivity contribution in [2.45, 2.75) is 45.8 Å². The molecule has 2 rings (SSSR count). The van der Waals surface area contributed by atoms with Gasteiger partial charge < -0.3 is 14.4 Å². The maximum Gasteiger partial charge on any atom is 0.181 e. The first-order chi connectivity index (χ1) is 10.1. The molecular formula is C17H24N2O2. The number of nitrogens with zero attached hydrogens (tertiary/aromatic N) is 2. The van der Waals surface area contributed by atoms with Crippen molar-refractivity contribution in [3.05, 3.63) is 48.2 Å². The van der Waals surface area contributed by atoms with Crippen molar-refractivity contribution in [3.63, 3.8) is 0 Å². The molecule has 1 heterocycles. The monoisotopic (exact) mass is 288 g/mol. The SMILES string of the molecule is CCC(O)CN(Cc1ncoc1C(C)C)c1ccccc1. The number of oxazole rings is 1. The van der Waals surface area contributed by atoms with Gasteiger partial charge in [-0.15, -0.1) is 0 Å². The molecule has 21 heavy (non-hydrogen) atoms. The predicted molar refractivity (Wildman–Crippen MR) is 84.4 cm³/mol. The smallest absolute Gasteiger partial charge is 0.181 e. The normalized spacial score (nSPS) is 12.6. The van der Waals surface area contributed by atoms with Crippen molar-refractivity contribution in [1.29, 1.82) is 0 Å². The molecule has 0 aliphatic carbocycles. The number of rotatable bonds is 7. The van der Waals surface area contributed by atoms with Crippen LogP contribution in [0.15, 0.2) is 41.1 Å². The maximum absolute atomic E-state index is 10.0. The third-order valence-corrected chi connectivity index (χ3v) is 3.56. The zero-order chi connectivity index (χ0) is 15.2. The lowest BCUT2D eigenvalue weighted by Crippen LogP contribution is -2.32. The Hall–Kier alpha value is -1.81. The first kappa shape index (κ1) is 15.6. The summed E-state index contributed by atoms with van der Waals surface area (Å²) in [5.74, 6) is 1.22. The van der Waals surface area contributed by atoms with Gasteiger partial charge >= 0.3 is 0 Å². The van der Waals surface area contributed by atoms with Gasteiger partial charge in [0.05, 0.1) is 12.6 Å². The molecule has 2 aromatic rings. The second-order valence-corrected chi connectivity index (χ2v) is 5.60. The maximum atomic E-state index is 10.0. The Morgan fingerprint density at radius 2 is 1.95 bits per heavy atom. The van der Waals surface area contributed by atoms with E-state index >= 15 is 0 Å². The zero-order valence-corrected chi connectivity index (χ0v) is 13.0. The first-order valence-electron chi connectivity index (χ1n) is 7.52. The summed E-state index contributed by atoms with van der Waals surface area (Å²) in [5.41, 5.74) is 2.03. The second-order valence-electron chi connectivity index (χ2n) is 5.60. The van der Waals surface area contributed by atoms with Crippen LogP contribution < -0.4 is 4.90 Å². The molecule has 0 bridgehead atoms. The molecule has 4 heteroatoms. The number of hydrogen-bond donors (Lipinski definition) is 1. The van der Waals surface area contributed by atoms with Crippen molar-refractivity contribution in [2.75, 3.05) is 11.4 Å². The number of aliphatic hydroxyl groups is 1. The van der Waals surface area contributed by atoms with Gasteiger partial charge in [0.1, 0.15) is 11.5 Å². The highest BCUT2D eigenvalue weighted by Crippen LogP contribution is 2.23. The van der Waals surface area contributed by atoms with Crippen LogP contribution in [0.3, 0.4) is 0 Å². The average Bonchev–Trinajstić information content (AvgIpc) is 2.95. The van der Waals surface area contributed by atoms with Crippen LogP contribution in [0.4, 0.5) is 5.69 Å². The molecule has 114 valence electrons. The minimum atomic E-state index is -0.348. The highest BCUT2D eigenvalue weighted by molar-refractivity contribution is 5.46. The lowest BCUT2D eigenvalue weighted by molar-refractivity contribution is 0.175. The van der Waals surface area contributed by atoms with Crippen LogP contribution in [-0.4, -0.2) is 22.7 Å². The van der Waals surface area contributed by atoms with Gasteiger partial charge in [-0.2, -0.15) is 0 Å². The summed E-state index contributed by atoms with van der Waals surface area (Å²) in [5, 5.41) is 10.0. The lowest BCUT2D eigenvalue weighted by Gasteiger charge is -2.26. The van der Waals surface area contributed by atoms with E-state index in [0.717, 1.165) is 23.6 Å². The second kappa shape index (κ2) is 7.27. The highest BCUT2D eigenvalue weighted by Gasteiger charge is 2.18. The molecule has 1 aromatic carbocycles. The van der Waals surface area contributed by atoms with Crippen LogP contribution in [0.5, 0.6) is 0 Å². The van der Waals surface area contributed by atoms with Gasteiger partial charge in [0.15, 0.2) is 6.39 Å². The molecule has 0 spiro atoms. The lowest BCUT2D eigenvalue weighted by atomic mass is 10.1. The van der Waals surface area contributed by atoms with Crippen LogP contribution in [0.2, 0.25) is 0 Å². The van der Waals surface area contributed by atoms with E-state index in [4.69, 9.17) is 4.42 Å². The third kappa shape index (κ3) is 4.08. The van der Waals surface area contributed by atoms with Crippen LogP contribution in [0, 0.1) is 0 Å². The van der Waals surface area contributed by atoms with E-state index in [1.165, 1.54) is 6.39 Å². The van der Waals surface area contributed by atoms with Crippen LogP contribution in [0.25, 0.3) is 0 Å². The van der Waals surface area contributed by atoms with E-state index in [1.807, 2.05) is 25.1 Å². The van der Waals surface area contributed by atoms with E-state index < -0.39 is 0 Å². The molecular weight excluding hydrogens is 264 g/mol. The molecule has 1 atom stereocenters. The molecule has 0 saturated heterocycles. The van der Waals surface area contributed by atoms with Crippen LogP contribution >= 0.6 is 0 Å². The molecule has 0 saturated carbocycles. The van der Waals surface area contributed by atoms with E-state index in [2.05, 4.69) is 35.9 Å². The summed E-state index contributed by atoms with van der Waals surface area (Å²) in [7, 11) is 0. The fraction of sp³-hybridized carbons (Fsp3) is 0.471. The molecule has 0 aliphatic rings. The van der Waals surface area contributed by atoms with E-state index in [9.17, 15) is 5.11 Å². The van der Waals surface area contributed by atoms with Crippen molar-refractivity contribution in [2.24, 2.45) is 0 Å². The third-order valence-electron chi connectivity index (χ3n) is 3.56. The minimum Gasteiger partial charge on any atom is -0.448 e. The Balaban J connectivity index is 2.21. The number of aliphatic hydroxyl groups excluding tert-OH is 1. The Morgan fingerprint density at radius 1 is 1.24 bits per heavy atom. The van der Waals surface area contributed by atoms with Crippen molar-refractivity contribution < 1.29 is 9.52 Å². The largest absolute Gasteiger partial charge is 0.448 e. The Labute approximate surface area is 126 Å². The fourth-order valence-electron chi connectivity index (χ4n) is 2.33. The molecule has 0 fully saturated rings. The van der Waals surface area contributed by atoms with Crippen LogP contribution in [-0.2, 0) is 6.54 Å². The van der Waals surface area contributed by atoms with E-state index in [0.29, 0.717) is 19.0 Å². The van der Waals surface area contributed by atoms with Gasteiger partial charge in [0.2, 0.25) is 0 Å². The van der Waals surface area contributed by atoms with Gasteiger partial charge in [-0.25, -0.2) is 4.98 Å². The molecule has 4 nitrogen and oxygen atoms in total. The topological polar surface area (TPSA) is 49.5 Å². The molecule has 1 unspecified atom stereocenters. The molecule has 1 N–H and O–H groups in total. The van der Waals surface area contributed by atoms with E-state index in [-0.39, 0.29) is 6.10 Å². The van der Waals surface area contributed by atoms with Gasteiger partial charge in [0, 0.05) is 18.2 Å². The van der Waals surface area contributed by atoms with Gasteiger partial charge in [-0.1, -0.05) is 39.0 Å². The standard InChI is InChI=1S/C17H24N2O2/c1-4-15(20)10-19(14-8-6-5-7-9-14)11-16-17(13(2)3)21-12-18-16/h5-9,12-13,15,20H,4,10-11H2,1-3H3. The summed E-state index contributed by atoms with van der Waals surface area (Å²) in [6.45, 7) is 7.41. The van der Waals surface area contributed by atoms with Crippen molar-refractivity contribution in [3.8, 4) is 0 Å². The summed E-state index contributed by atoms with van der Waals surface area (Å²) in [6.07, 6.45) is 1.89. The van der Waals surface area contributed by atoms with Crippen molar-refractivity contribution in [1.82, 2.24) is 4.98 Å². The first-order valence-corrected chi connectivity index (χ1v) is 7.52. The molecule has 0 amide bonds. The number of aromatic nitrogens is 1. The minimum absolute atomic E-state index is 0.302. The van der Waals surface area contributed by atoms with E-state index in [1.54, 1.807) is 0 Å². The predicted octanol–water partition coefficient (Wildman–Crippen LogP) is 3.58. The Morgan fingerprint density at radius 3 is 2.57 bits per heavy atom. The summed E-state index contributed by atoms with van der Waals surface area (Å²) in [6, 6.07) is 10.1. The van der Waals surface area contributed by atoms with Crippen molar-refractivity contribution >= 4 is 5.69 Å². The number of hydrogen-bond acceptors (Lipinski definition) is 4. The molecule has 0 aliphatic heterocycles. The molecule has 0 radical (unpaired) electrons. The average molecular weight is 288 g/mol. The summed E-state index contributed by atoms with van der Waals surface area (Å²) < 4.78 is 5.49. The fourth-order valence-corrected chi connectivity index (χ4v) is 2.33. The molecule has 1 aromatic heterocycles. The number of anilines is 1. The van der Waals surface area contributed by atoms with Crippen LogP contribution in [0.1, 0.15) is 44.6 Å². The summed E-state index contributed by atoms with van der Waals surface area (Å²) in [4.78, 5) is 6.50. The quantitative estimate of drug-likeness (QED) is 0.846. The van der Waals surface area contributed by atoms with Gasteiger partial charge in [0.25, 0.3) is 0 Å². The zero-order valence-electron chi connectivity index (χ0n) is 13.0. The van der Waals surface area contributed by atoms with Gasteiger partial charge in [-0.05, 0) is 18.6 Å². The van der Waals surface area contributed by atoms with Gasteiger partial charge in [-0.3, -0.25) is 0 Å².